The van der Waals surface area contributed by atoms with E-state index in [0.29, 0.717) is 12.5 Å². The summed E-state index contributed by atoms with van der Waals surface area (Å²) in [5.74, 6) is -0.955. The van der Waals surface area contributed by atoms with Crippen LogP contribution >= 0.6 is 0 Å². The molecule has 0 aromatic carbocycles. The van der Waals surface area contributed by atoms with Crippen LogP contribution in [0.15, 0.2) is 0 Å². The van der Waals surface area contributed by atoms with Crippen LogP contribution in [0.2, 0.25) is 0 Å². The third kappa shape index (κ3) is 12.3. The maximum Gasteiger partial charge on any atom is 0.410 e. The Bertz CT molecular complexity index is 412. The summed E-state index contributed by atoms with van der Waals surface area (Å²) in [6, 6.07) is 0. The predicted molar refractivity (Wildman–Crippen MR) is 93.9 cm³/mol. The van der Waals surface area contributed by atoms with Gasteiger partial charge in [-0.3, -0.25) is 9.59 Å². The fourth-order valence-corrected chi connectivity index (χ4v) is 2.31. The molecule has 1 fully saturated rings. The minimum atomic E-state index is -0.833. The smallest absolute Gasteiger partial charge is 0.410 e. The van der Waals surface area contributed by atoms with Crippen LogP contribution in [0.25, 0.3) is 0 Å². The highest BCUT2D eigenvalue weighted by molar-refractivity contribution is 5.72. The summed E-state index contributed by atoms with van der Waals surface area (Å²) >= 11 is 0. The number of ether oxygens (including phenoxy) is 2. The number of amides is 1. The van der Waals surface area contributed by atoms with Crippen LogP contribution in [0, 0.1) is 17.8 Å². The van der Waals surface area contributed by atoms with E-state index in [-0.39, 0.29) is 17.8 Å². The van der Waals surface area contributed by atoms with Crippen molar-refractivity contribution in [2.75, 3.05) is 6.54 Å². The summed E-state index contributed by atoms with van der Waals surface area (Å²) in [5, 5.41) is 10.2. The third-order valence-corrected chi connectivity index (χ3v) is 3.73. The molecule has 25 heavy (non-hydrogen) atoms. The first-order valence-corrected chi connectivity index (χ1v) is 8.98. The van der Waals surface area contributed by atoms with Gasteiger partial charge in [-0.05, 0) is 18.8 Å². The van der Waals surface area contributed by atoms with E-state index in [0.717, 1.165) is 19.8 Å². The maximum atomic E-state index is 11.8. The van der Waals surface area contributed by atoms with Crippen LogP contribution in [0.3, 0.4) is 0 Å². The number of carbonyl (C=O) groups excluding carboxylic acids is 2. The van der Waals surface area contributed by atoms with Crippen molar-refractivity contribution in [1.82, 2.24) is 5.32 Å². The van der Waals surface area contributed by atoms with Crippen LogP contribution in [0.4, 0.5) is 4.79 Å². The molecular weight excluding hydrogens is 326 g/mol. The van der Waals surface area contributed by atoms with Crippen molar-refractivity contribution in [3.63, 3.8) is 0 Å². The number of hydrogen-bond acceptors (Lipinski definition) is 5. The lowest BCUT2D eigenvalue weighted by molar-refractivity contribution is -0.178. The normalized spacial score (nSPS) is 15.8. The van der Waals surface area contributed by atoms with Crippen LogP contribution in [0.1, 0.15) is 66.7 Å². The summed E-state index contributed by atoms with van der Waals surface area (Å²) in [7, 11) is 0. The number of carboxylic acids is 1. The van der Waals surface area contributed by atoms with Crippen molar-refractivity contribution in [1.29, 1.82) is 0 Å². The van der Waals surface area contributed by atoms with E-state index >= 15 is 0 Å². The number of nitrogens with one attached hydrogen (secondary N) is 1. The van der Waals surface area contributed by atoms with E-state index in [9.17, 15) is 9.59 Å². The molecule has 2 N–H and O–H groups in total. The Hall–Kier alpha value is -1.79. The standard InChI is InChI=1S/C16H29NO4.C2H4O2/c1-11(2)14(18)20-15(12(3)4)21-16(19)17-10-13-8-6-5-7-9-13;1-2(3)4/h11-13,15H,5-10H2,1-4H3,(H,17,19);1H3,(H,3,4)/t15-;/m0./s1. The zero-order valence-electron chi connectivity index (χ0n) is 16.0. The van der Waals surface area contributed by atoms with Gasteiger partial charge in [0.25, 0.3) is 12.3 Å². The summed E-state index contributed by atoms with van der Waals surface area (Å²) in [4.78, 5) is 32.4. The second kappa shape index (κ2) is 12.6. The largest absolute Gasteiger partial charge is 0.481 e. The molecule has 0 aliphatic heterocycles. The van der Waals surface area contributed by atoms with Crippen molar-refractivity contribution in [3.8, 4) is 0 Å². The minimum absolute atomic E-state index is 0.0758. The van der Waals surface area contributed by atoms with E-state index in [2.05, 4.69) is 5.32 Å². The molecule has 1 aliphatic rings. The molecule has 1 atom stereocenters. The Labute approximate surface area is 150 Å². The predicted octanol–water partition coefficient (Wildman–Crippen LogP) is 3.57. The molecule has 0 unspecified atom stereocenters. The van der Waals surface area contributed by atoms with Gasteiger partial charge in [-0.25, -0.2) is 4.79 Å². The first-order valence-electron chi connectivity index (χ1n) is 8.98. The highest BCUT2D eigenvalue weighted by Gasteiger charge is 2.24. The number of hydrogen-bond donors (Lipinski definition) is 2. The van der Waals surface area contributed by atoms with Gasteiger partial charge in [0.1, 0.15) is 0 Å². The van der Waals surface area contributed by atoms with Gasteiger partial charge in [-0.15, -0.1) is 0 Å². The zero-order valence-corrected chi connectivity index (χ0v) is 16.0. The quantitative estimate of drug-likeness (QED) is 0.555. The van der Waals surface area contributed by atoms with Gasteiger partial charge in [0.15, 0.2) is 0 Å². The van der Waals surface area contributed by atoms with Gasteiger partial charge in [0, 0.05) is 19.4 Å². The Morgan fingerprint density at radius 3 is 2.00 bits per heavy atom. The molecule has 0 aromatic rings. The Balaban J connectivity index is 0.00000129. The number of esters is 1. The average Bonchev–Trinajstić information content (AvgIpc) is 2.52. The number of carbonyl (C=O) groups is 3. The van der Waals surface area contributed by atoms with Gasteiger partial charge in [-0.1, -0.05) is 47.0 Å². The minimum Gasteiger partial charge on any atom is -0.481 e. The van der Waals surface area contributed by atoms with E-state index in [4.69, 9.17) is 19.4 Å². The molecule has 1 saturated carbocycles. The highest BCUT2D eigenvalue weighted by Crippen LogP contribution is 2.22. The van der Waals surface area contributed by atoms with E-state index in [1.807, 2.05) is 13.8 Å². The first-order chi connectivity index (χ1) is 11.6. The van der Waals surface area contributed by atoms with E-state index in [1.165, 1.54) is 19.3 Å². The maximum absolute atomic E-state index is 11.8. The first kappa shape index (κ1) is 23.2. The van der Waals surface area contributed by atoms with Gasteiger partial charge >= 0.3 is 12.1 Å². The molecule has 0 radical (unpaired) electrons. The Morgan fingerprint density at radius 1 is 1.04 bits per heavy atom. The molecule has 1 aliphatic carbocycles. The van der Waals surface area contributed by atoms with Crippen molar-refractivity contribution in [2.24, 2.45) is 17.8 Å². The van der Waals surface area contributed by atoms with Gasteiger partial charge in [0.2, 0.25) is 0 Å². The van der Waals surface area contributed by atoms with Crippen molar-refractivity contribution < 1.29 is 29.0 Å². The molecule has 0 heterocycles. The van der Waals surface area contributed by atoms with Crippen LogP contribution in [0.5, 0.6) is 0 Å². The second-order valence-electron chi connectivity index (χ2n) is 7.01. The van der Waals surface area contributed by atoms with E-state index < -0.39 is 18.4 Å². The van der Waals surface area contributed by atoms with E-state index in [1.54, 1.807) is 13.8 Å². The number of aliphatic carboxylic acids is 1. The molecule has 0 bridgehead atoms. The molecule has 0 spiro atoms. The lowest BCUT2D eigenvalue weighted by Crippen LogP contribution is -2.37. The third-order valence-electron chi connectivity index (χ3n) is 3.73. The van der Waals surface area contributed by atoms with Crippen LogP contribution in [-0.2, 0) is 19.1 Å². The van der Waals surface area contributed by atoms with Crippen LogP contribution in [-0.4, -0.2) is 36.0 Å². The molecule has 146 valence electrons. The molecule has 1 rings (SSSR count). The summed E-state index contributed by atoms with van der Waals surface area (Å²) in [5.41, 5.74) is 0. The second-order valence-corrected chi connectivity index (χ2v) is 7.01. The van der Waals surface area contributed by atoms with Crippen LogP contribution < -0.4 is 5.32 Å². The topological polar surface area (TPSA) is 102 Å². The lowest BCUT2D eigenvalue weighted by atomic mass is 9.89. The summed E-state index contributed by atoms with van der Waals surface area (Å²) in [6.45, 7) is 8.94. The number of carboxylic acid groups (broad SMARTS) is 1. The molecule has 7 heteroatoms. The van der Waals surface area contributed by atoms with Crippen molar-refractivity contribution >= 4 is 18.0 Å². The molecule has 7 nitrogen and oxygen atoms in total. The summed E-state index contributed by atoms with van der Waals surface area (Å²) < 4.78 is 10.4. The monoisotopic (exact) mass is 359 g/mol. The molecular formula is C18H33NO6. The summed E-state index contributed by atoms with van der Waals surface area (Å²) in [6.07, 6.45) is 4.76. The number of rotatable bonds is 6. The van der Waals surface area contributed by atoms with Gasteiger partial charge in [0.05, 0.1) is 5.92 Å². The van der Waals surface area contributed by atoms with Crippen molar-refractivity contribution in [2.45, 2.75) is 73.0 Å². The fourth-order valence-electron chi connectivity index (χ4n) is 2.31. The number of alkyl carbamates (subject to hydrolysis) is 1. The van der Waals surface area contributed by atoms with Gasteiger partial charge in [-0.2, -0.15) is 0 Å². The SMILES string of the molecule is CC(=O)O.CC(C)C(=O)O[C@@H](OC(=O)NCC1CCCCC1)C(C)C. The fraction of sp³-hybridized carbons (Fsp3) is 0.833. The highest BCUT2D eigenvalue weighted by atomic mass is 16.7. The van der Waals surface area contributed by atoms with Gasteiger partial charge < -0.3 is 19.9 Å². The zero-order chi connectivity index (χ0) is 19.4. The average molecular weight is 359 g/mol. The molecule has 0 aromatic heterocycles. The Morgan fingerprint density at radius 2 is 1.56 bits per heavy atom. The lowest BCUT2D eigenvalue weighted by Gasteiger charge is -2.24. The molecule has 0 saturated heterocycles. The Kier molecular flexibility index (Phi) is 11.7. The van der Waals surface area contributed by atoms with Crippen molar-refractivity contribution in [3.05, 3.63) is 0 Å². The molecule has 1 amide bonds.